The van der Waals surface area contributed by atoms with E-state index in [0.29, 0.717) is 12.5 Å². The number of carbonyl (C=O) groups is 1. The Hall–Kier alpha value is -2.24. The van der Waals surface area contributed by atoms with Crippen molar-refractivity contribution < 1.29 is 9.53 Å². The summed E-state index contributed by atoms with van der Waals surface area (Å²) in [6.45, 7) is 3.88. The van der Waals surface area contributed by atoms with Crippen LogP contribution in [0.2, 0.25) is 5.02 Å². The minimum Gasteiger partial charge on any atom is -0.489 e. The third-order valence-corrected chi connectivity index (χ3v) is 6.42. The van der Waals surface area contributed by atoms with E-state index in [9.17, 15) is 4.79 Å². The van der Waals surface area contributed by atoms with E-state index in [-0.39, 0.29) is 12.1 Å². The van der Waals surface area contributed by atoms with Gasteiger partial charge in [-0.3, -0.25) is 4.90 Å². The molecule has 2 aromatic rings. The zero-order chi connectivity index (χ0) is 20.8. The first-order valence-corrected chi connectivity index (χ1v) is 11.3. The zero-order valence-corrected chi connectivity index (χ0v) is 18.0. The number of para-hydroxylation sites is 1. The number of nitrogens with zero attached hydrogens (tertiary/aromatic N) is 1. The summed E-state index contributed by atoms with van der Waals surface area (Å²) in [6, 6.07) is 15.4. The number of rotatable bonds is 8. The molecule has 160 valence electrons. The van der Waals surface area contributed by atoms with E-state index < -0.39 is 0 Å². The number of anilines is 1. The summed E-state index contributed by atoms with van der Waals surface area (Å²) in [6.07, 6.45) is 5.75. The molecule has 4 rings (SSSR count). The highest BCUT2D eigenvalue weighted by Crippen LogP contribution is 2.37. The van der Waals surface area contributed by atoms with E-state index in [0.717, 1.165) is 60.9 Å². The summed E-state index contributed by atoms with van der Waals surface area (Å²) in [5, 5.41) is 6.52. The second-order valence-corrected chi connectivity index (χ2v) is 8.70. The first kappa shape index (κ1) is 21.0. The van der Waals surface area contributed by atoms with Gasteiger partial charge in [0.15, 0.2) is 0 Å². The Morgan fingerprint density at radius 1 is 1.07 bits per heavy atom. The van der Waals surface area contributed by atoms with Crippen LogP contribution in [-0.4, -0.2) is 36.7 Å². The van der Waals surface area contributed by atoms with Crippen molar-refractivity contribution in [1.82, 2.24) is 10.2 Å². The molecular weight excluding hydrogens is 398 g/mol. The number of carbonyl (C=O) groups excluding carboxylic acids is 1. The van der Waals surface area contributed by atoms with Gasteiger partial charge >= 0.3 is 6.03 Å². The predicted molar refractivity (Wildman–Crippen MR) is 121 cm³/mol. The molecule has 0 spiro atoms. The fraction of sp³-hybridized carbons (Fsp3) is 0.458. The molecule has 1 saturated carbocycles. The Morgan fingerprint density at radius 3 is 2.60 bits per heavy atom. The van der Waals surface area contributed by atoms with E-state index in [1.165, 1.54) is 12.8 Å². The van der Waals surface area contributed by atoms with E-state index in [1.54, 1.807) is 0 Å². The van der Waals surface area contributed by atoms with Crippen molar-refractivity contribution in [2.24, 2.45) is 5.92 Å². The van der Waals surface area contributed by atoms with Gasteiger partial charge in [-0.05, 0) is 74.9 Å². The Bertz CT molecular complexity index is 834. The van der Waals surface area contributed by atoms with Gasteiger partial charge in [-0.1, -0.05) is 41.9 Å². The standard InChI is InChI=1S/C24H30ClN3O2/c25-23-19(17-28-13-4-5-14-28)7-6-10-22(23)30-21-15-18(16-21)11-12-26-24(29)27-20-8-2-1-3-9-20/h1-3,6-10,18,21H,4-5,11-17H2,(H2,26,27,29). The molecule has 1 heterocycles. The van der Waals surface area contributed by atoms with Crippen molar-refractivity contribution >= 4 is 23.3 Å². The average molecular weight is 428 g/mol. The van der Waals surface area contributed by atoms with Crippen LogP contribution in [0.25, 0.3) is 0 Å². The van der Waals surface area contributed by atoms with Crippen LogP contribution in [0.3, 0.4) is 0 Å². The SMILES string of the molecule is O=C(NCCC1CC(Oc2cccc(CN3CCCC3)c2Cl)C1)Nc1ccccc1. The van der Waals surface area contributed by atoms with Gasteiger partial charge in [0.05, 0.1) is 11.1 Å². The van der Waals surface area contributed by atoms with Crippen LogP contribution in [0.15, 0.2) is 48.5 Å². The maximum absolute atomic E-state index is 11.9. The van der Waals surface area contributed by atoms with Gasteiger partial charge in [-0.2, -0.15) is 0 Å². The van der Waals surface area contributed by atoms with Crippen LogP contribution in [-0.2, 0) is 6.54 Å². The van der Waals surface area contributed by atoms with E-state index in [4.69, 9.17) is 16.3 Å². The van der Waals surface area contributed by atoms with Crippen molar-refractivity contribution in [2.75, 3.05) is 25.0 Å². The van der Waals surface area contributed by atoms with Crippen LogP contribution in [0.5, 0.6) is 5.75 Å². The number of halogens is 1. The molecule has 6 heteroatoms. The highest BCUT2D eigenvalue weighted by atomic mass is 35.5. The lowest BCUT2D eigenvalue weighted by atomic mass is 9.80. The number of nitrogens with one attached hydrogen (secondary N) is 2. The maximum atomic E-state index is 11.9. The second kappa shape index (κ2) is 10.2. The first-order chi connectivity index (χ1) is 14.7. The van der Waals surface area contributed by atoms with Crippen LogP contribution >= 0.6 is 11.6 Å². The Labute approximate surface area is 183 Å². The second-order valence-electron chi connectivity index (χ2n) is 8.33. The van der Waals surface area contributed by atoms with Gasteiger partial charge in [-0.15, -0.1) is 0 Å². The lowest BCUT2D eigenvalue weighted by Crippen LogP contribution is -2.37. The number of hydrogen-bond acceptors (Lipinski definition) is 3. The molecule has 0 unspecified atom stereocenters. The molecule has 2 amide bonds. The molecule has 0 bridgehead atoms. The minimum absolute atomic E-state index is 0.157. The molecule has 2 aromatic carbocycles. The van der Waals surface area contributed by atoms with Crippen LogP contribution in [0.4, 0.5) is 10.5 Å². The molecule has 2 aliphatic rings. The highest BCUT2D eigenvalue weighted by molar-refractivity contribution is 6.32. The number of benzene rings is 2. The van der Waals surface area contributed by atoms with Gasteiger partial charge in [0.2, 0.25) is 0 Å². The third kappa shape index (κ3) is 5.67. The molecule has 30 heavy (non-hydrogen) atoms. The van der Waals surface area contributed by atoms with Crippen molar-refractivity contribution in [3.63, 3.8) is 0 Å². The van der Waals surface area contributed by atoms with Crippen molar-refractivity contribution in [2.45, 2.75) is 44.8 Å². The minimum atomic E-state index is -0.157. The average Bonchev–Trinajstić information content (AvgIpc) is 3.22. The number of amides is 2. The first-order valence-electron chi connectivity index (χ1n) is 10.9. The van der Waals surface area contributed by atoms with Crippen LogP contribution in [0, 0.1) is 5.92 Å². The number of hydrogen-bond donors (Lipinski definition) is 2. The molecular formula is C24H30ClN3O2. The number of ether oxygens (including phenoxy) is 1. The molecule has 1 saturated heterocycles. The molecule has 1 aliphatic heterocycles. The lowest BCUT2D eigenvalue weighted by Gasteiger charge is -2.35. The molecule has 2 fully saturated rings. The monoisotopic (exact) mass is 427 g/mol. The van der Waals surface area contributed by atoms with Crippen molar-refractivity contribution in [3.8, 4) is 5.75 Å². The summed E-state index contributed by atoms with van der Waals surface area (Å²) in [5.41, 5.74) is 1.96. The summed E-state index contributed by atoms with van der Waals surface area (Å²) in [5.74, 6) is 1.38. The maximum Gasteiger partial charge on any atom is 0.319 e. The van der Waals surface area contributed by atoms with E-state index in [1.807, 2.05) is 42.5 Å². The van der Waals surface area contributed by atoms with Crippen LogP contribution < -0.4 is 15.4 Å². The summed E-state index contributed by atoms with van der Waals surface area (Å²) in [4.78, 5) is 14.4. The Balaban J connectivity index is 1.16. The fourth-order valence-corrected chi connectivity index (χ4v) is 4.45. The van der Waals surface area contributed by atoms with Gasteiger partial charge < -0.3 is 15.4 Å². The normalized spacial score (nSPS) is 21.1. The smallest absolute Gasteiger partial charge is 0.319 e. The number of urea groups is 1. The Morgan fingerprint density at radius 2 is 1.83 bits per heavy atom. The third-order valence-electron chi connectivity index (χ3n) is 5.99. The summed E-state index contributed by atoms with van der Waals surface area (Å²) < 4.78 is 6.17. The molecule has 0 aromatic heterocycles. The zero-order valence-electron chi connectivity index (χ0n) is 17.3. The molecule has 1 aliphatic carbocycles. The fourth-order valence-electron chi connectivity index (χ4n) is 4.22. The molecule has 0 radical (unpaired) electrons. The van der Waals surface area contributed by atoms with Gasteiger partial charge in [0, 0.05) is 18.8 Å². The highest BCUT2D eigenvalue weighted by Gasteiger charge is 2.31. The lowest BCUT2D eigenvalue weighted by molar-refractivity contribution is 0.0611. The van der Waals surface area contributed by atoms with E-state index >= 15 is 0 Å². The van der Waals surface area contributed by atoms with Gasteiger partial charge in [-0.25, -0.2) is 4.79 Å². The predicted octanol–water partition coefficient (Wildman–Crippen LogP) is 5.31. The van der Waals surface area contributed by atoms with Gasteiger partial charge in [0.25, 0.3) is 0 Å². The van der Waals surface area contributed by atoms with Crippen molar-refractivity contribution in [1.29, 1.82) is 0 Å². The largest absolute Gasteiger partial charge is 0.489 e. The molecule has 0 atom stereocenters. The molecule has 2 N–H and O–H groups in total. The van der Waals surface area contributed by atoms with Crippen LogP contribution in [0.1, 0.15) is 37.7 Å². The topological polar surface area (TPSA) is 53.6 Å². The number of likely N-dealkylation sites (tertiary alicyclic amines) is 1. The summed E-state index contributed by atoms with van der Waals surface area (Å²) in [7, 11) is 0. The summed E-state index contributed by atoms with van der Waals surface area (Å²) >= 11 is 6.63. The quantitative estimate of drug-likeness (QED) is 0.600. The van der Waals surface area contributed by atoms with E-state index in [2.05, 4.69) is 21.6 Å². The Kier molecular flexibility index (Phi) is 7.13. The van der Waals surface area contributed by atoms with Crippen molar-refractivity contribution in [3.05, 3.63) is 59.1 Å². The molecule has 5 nitrogen and oxygen atoms in total. The van der Waals surface area contributed by atoms with Gasteiger partial charge in [0.1, 0.15) is 5.75 Å².